The first-order valence-electron chi connectivity index (χ1n) is 12.7. The first-order chi connectivity index (χ1) is 16.1. The van der Waals surface area contributed by atoms with Crippen LogP contribution in [-0.4, -0.2) is 29.6 Å². The monoisotopic (exact) mass is 439 g/mol. The van der Waals surface area contributed by atoms with Gasteiger partial charge in [0.05, 0.1) is 0 Å². The minimum Gasteiger partial charge on any atom is -0.380 e. The molecule has 33 heavy (non-hydrogen) atoms. The van der Waals surface area contributed by atoms with Gasteiger partial charge in [-0.2, -0.15) is 0 Å². The van der Waals surface area contributed by atoms with Gasteiger partial charge in [0.1, 0.15) is 5.60 Å². The molecule has 2 aliphatic rings. The Kier molecular flexibility index (Phi) is 6.40. The van der Waals surface area contributed by atoms with E-state index >= 15 is 0 Å². The lowest BCUT2D eigenvalue weighted by Crippen LogP contribution is -2.44. The number of benzene rings is 3. The second-order valence-electron chi connectivity index (χ2n) is 10.5. The number of aliphatic hydroxyl groups is 1. The summed E-state index contributed by atoms with van der Waals surface area (Å²) in [4.78, 5) is 2.58. The Morgan fingerprint density at radius 2 is 1.36 bits per heavy atom. The molecular formula is C31H37NO. The minimum atomic E-state index is -0.928. The summed E-state index contributed by atoms with van der Waals surface area (Å²) in [6.45, 7) is 5.59. The zero-order chi connectivity index (χ0) is 22.7. The lowest BCUT2D eigenvalue weighted by Gasteiger charge is -2.42. The van der Waals surface area contributed by atoms with Crippen LogP contribution in [0, 0.1) is 5.92 Å². The van der Waals surface area contributed by atoms with Crippen LogP contribution in [0.3, 0.4) is 0 Å². The Morgan fingerprint density at radius 3 is 1.85 bits per heavy atom. The molecule has 0 aromatic heterocycles. The maximum absolute atomic E-state index is 12.1. The number of likely N-dealkylation sites (tertiary alicyclic amines) is 1. The van der Waals surface area contributed by atoms with Gasteiger partial charge in [-0.3, -0.25) is 0 Å². The highest BCUT2D eigenvalue weighted by Gasteiger charge is 2.41. The van der Waals surface area contributed by atoms with Crippen molar-refractivity contribution in [3.63, 3.8) is 0 Å². The second kappa shape index (κ2) is 9.44. The van der Waals surface area contributed by atoms with E-state index in [1.54, 1.807) is 0 Å². The summed E-state index contributed by atoms with van der Waals surface area (Å²) < 4.78 is 0. The van der Waals surface area contributed by atoms with Crippen LogP contribution in [0.1, 0.15) is 61.3 Å². The molecule has 5 rings (SSSR count). The predicted octanol–water partition coefficient (Wildman–Crippen LogP) is 6.32. The van der Waals surface area contributed by atoms with E-state index in [-0.39, 0.29) is 5.92 Å². The largest absolute Gasteiger partial charge is 0.380 e. The lowest BCUT2D eigenvalue weighted by atomic mass is 9.66. The van der Waals surface area contributed by atoms with Crippen LogP contribution in [0.5, 0.6) is 0 Å². The molecule has 3 aromatic carbocycles. The average molecular weight is 440 g/mol. The SMILES string of the molecule is CC1(c2ccc(CCN3CCC(C(O)(c4ccccc4)c4ccccc4)CC3)cc2)CCC1. The Bertz CT molecular complexity index is 976. The van der Waals surface area contributed by atoms with Crippen molar-refractivity contribution in [2.24, 2.45) is 5.92 Å². The van der Waals surface area contributed by atoms with Gasteiger partial charge in [0.15, 0.2) is 0 Å². The van der Waals surface area contributed by atoms with Crippen molar-refractivity contribution < 1.29 is 5.11 Å². The maximum Gasteiger partial charge on any atom is 0.117 e. The molecule has 0 spiro atoms. The number of hydrogen-bond acceptors (Lipinski definition) is 2. The fourth-order valence-corrected chi connectivity index (χ4v) is 5.95. The highest BCUT2D eigenvalue weighted by atomic mass is 16.3. The molecule has 1 saturated carbocycles. The number of hydrogen-bond donors (Lipinski definition) is 1. The zero-order valence-electron chi connectivity index (χ0n) is 19.9. The van der Waals surface area contributed by atoms with E-state index in [1.807, 2.05) is 36.4 Å². The summed E-state index contributed by atoms with van der Waals surface area (Å²) in [5.41, 5.74) is 4.47. The maximum atomic E-state index is 12.1. The van der Waals surface area contributed by atoms with E-state index in [0.29, 0.717) is 5.41 Å². The van der Waals surface area contributed by atoms with E-state index < -0.39 is 5.60 Å². The number of piperidine rings is 1. The van der Waals surface area contributed by atoms with Crippen molar-refractivity contribution in [2.45, 2.75) is 56.5 Å². The molecule has 1 aliphatic carbocycles. The van der Waals surface area contributed by atoms with E-state index in [4.69, 9.17) is 0 Å². The Labute approximate surface area is 199 Å². The van der Waals surface area contributed by atoms with Crippen molar-refractivity contribution in [1.29, 1.82) is 0 Å². The molecule has 1 saturated heterocycles. The third-order valence-corrected chi connectivity index (χ3v) is 8.43. The normalized spacial score (nSPS) is 19.2. The Balaban J connectivity index is 1.21. The Hall–Kier alpha value is -2.42. The van der Waals surface area contributed by atoms with Gasteiger partial charge >= 0.3 is 0 Å². The summed E-state index contributed by atoms with van der Waals surface area (Å²) in [6.07, 6.45) is 7.16. The second-order valence-corrected chi connectivity index (χ2v) is 10.5. The molecule has 172 valence electrons. The molecule has 1 heterocycles. The van der Waals surface area contributed by atoms with Gasteiger partial charge in [-0.05, 0) is 78.8 Å². The van der Waals surface area contributed by atoms with Gasteiger partial charge in [-0.1, -0.05) is 98.3 Å². The van der Waals surface area contributed by atoms with Gasteiger partial charge in [-0.15, -0.1) is 0 Å². The van der Waals surface area contributed by atoms with Gasteiger partial charge in [0.25, 0.3) is 0 Å². The predicted molar refractivity (Wildman–Crippen MR) is 136 cm³/mol. The summed E-state index contributed by atoms with van der Waals surface area (Å²) >= 11 is 0. The van der Waals surface area contributed by atoms with E-state index in [9.17, 15) is 5.11 Å². The lowest BCUT2D eigenvalue weighted by molar-refractivity contribution is -0.0140. The average Bonchev–Trinajstić information content (AvgIpc) is 2.87. The summed E-state index contributed by atoms with van der Waals surface area (Å²) in [7, 11) is 0. The van der Waals surface area contributed by atoms with Crippen LogP contribution < -0.4 is 0 Å². The van der Waals surface area contributed by atoms with Crippen molar-refractivity contribution >= 4 is 0 Å². The van der Waals surface area contributed by atoms with Crippen LogP contribution in [-0.2, 0) is 17.4 Å². The standard InChI is InChI=1S/C31H37NO/c1-30(20-8-21-30)26-15-13-25(14-16-26)17-22-32-23-18-29(19-24-32)31(33,27-9-4-2-5-10-27)28-11-6-3-7-12-28/h2-7,9-16,29,33H,8,17-24H2,1H3. The molecule has 0 unspecified atom stereocenters. The topological polar surface area (TPSA) is 23.5 Å². The van der Waals surface area contributed by atoms with Crippen LogP contribution >= 0.6 is 0 Å². The molecule has 3 aromatic rings. The van der Waals surface area contributed by atoms with Crippen molar-refractivity contribution in [3.8, 4) is 0 Å². The summed E-state index contributed by atoms with van der Waals surface area (Å²) in [5.74, 6) is 0.223. The molecule has 0 atom stereocenters. The summed E-state index contributed by atoms with van der Waals surface area (Å²) in [5, 5.41) is 12.1. The first-order valence-corrected chi connectivity index (χ1v) is 12.7. The molecule has 0 radical (unpaired) electrons. The van der Waals surface area contributed by atoms with Crippen LogP contribution in [0.25, 0.3) is 0 Å². The van der Waals surface area contributed by atoms with Crippen LogP contribution in [0.2, 0.25) is 0 Å². The molecule has 2 heteroatoms. The van der Waals surface area contributed by atoms with Crippen LogP contribution in [0.15, 0.2) is 84.9 Å². The fourth-order valence-electron chi connectivity index (χ4n) is 5.95. The number of rotatable bonds is 7. The molecule has 2 fully saturated rings. The van der Waals surface area contributed by atoms with Crippen molar-refractivity contribution in [3.05, 3.63) is 107 Å². The van der Waals surface area contributed by atoms with Gasteiger partial charge < -0.3 is 10.0 Å². The fraction of sp³-hybridized carbons (Fsp3) is 0.419. The molecule has 2 nitrogen and oxygen atoms in total. The van der Waals surface area contributed by atoms with Crippen molar-refractivity contribution in [1.82, 2.24) is 4.90 Å². The summed E-state index contributed by atoms with van der Waals surface area (Å²) in [6, 6.07) is 29.9. The number of nitrogens with zero attached hydrogens (tertiary/aromatic N) is 1. The zero-order valence-corrected chi connectivity index (χ0v) is 19.9. The van der Waals surface area contributed by atoms with E-state index in [0.717, 1.165) is 50.0 Å². The van der Waals surface area contributed by atoms with Crippen LogP contribution in [0.4, 0.5) is 0 Å². The molecule has 0 amide bonds. The Morgan fingerprint density at radius 1 is 0.818 bits per heavy atom. The highest BCUT2D eigenvalue weighted by molar-refractivity contribution is 5.37. The molecular weight excluding hydrogens is 402 g/mol. The van der Waals surface area contributed by atoms with E-state index in [2.05, 4.69) is 60.4 Å². The third kappa shape index (κ3) is 4.52. The van der Waals surface area contributed by atoms with Gasteiger partial charge in [-0.25, -0.2) is 0 Å². The first kappa shape index (κ1) is 22.4. The van der Waals surface area contributed by atoms with E-state index in [1.165, 1.54) is 30.4 Å². The van der Waals surface area contributed by atoms with Gasteiger partial charge in [0.2, 0.25) is 0 Å². The minimum absolute atomic E-state index is 0.223. The quantitative estimate of drug-likeness (QED) is 0.466. The van der Waals surface area contributed by atoms with Crippen molar-refractivity contribution in [2.75, 3.05) is 19.6 Å². The molecule has 0 bridgehead atoms. The molecule has 1 N–H and O–H groups in total. The highest BCUT2D eigenvalue weighted by Crippen LogP contribution is 2.43. The van der Waals surface area contributed by atoms with Gasteiger partial charge in [0, 0.05) is 6.54 Å². The third-order valence-electron chi connectivity index (χ3n) is 8.43. The molecule has 1 aliphatic heterocycles. The smallest absolute Gasteiger partial charge is 0.117 e.